The largest absolute Gasteiger partial charge is 0.333 e. The number of nitrogens with one attached hydrogen (secondary N) is 1. The first kappa shape index (κ1) is 11.8. The number of imidazole rings is 1. The highest BCUT2D eigenvalue weighted by atomic mass is 32.2. The van der Waals surface area contributed by atoms with Gasteiger partial charge in [0.1, 0.15) is 0 Å². The number of aromatic nitrogens is 2. The van der Waals surface area contributed by atoms with Crippen LogP contribution in [-0.2, 0) is 9.84 Å². The number of hydrogen-bond acceptors (Lipinski definition) is 3. The molecule has 0 aliphatic heterocycles. The Bertz CT molecular complexity index is 461. The van der Waals surface area contributed by atoms with Crippen LogP contribution in [0.25, 0.3) is 0 Å². The average molecular weight is 236 g/mol. The van der Waals surface area contributed by atoms with Gasteiger partial charge >= 0.3 is 0 Å². The Morgan fingerprint density at radius 2 is 2.27 bits per heavy atom. The Hall–Kier alpha value is -1.24. The van der Waals surface area contributed by atoms with Crippen molar-refractivity contribution >= 4 is 9.84 Å². The molecule has 0 saturated heterocycles. The third-order valence-corrected chi connectivity index (χ3v) is 3.23. The number of allylic oxidation sites excluding steroid dienone is 1. The second-order valence-corrected chi connectivity index (χ2v) is 5.00. The van der Waals surface area contributed by atoms with Crippen molar-refractivity contribution in [1.29, 1.82) is 0 Å². The monoisotopic (exact) mass is 236 g/mol. The predicted molar refractivity (Wildman–Crippen MR) is 50.3 cm³/mol. The van der Waals surface area contributed by atoms with Gasteiger partial charge in [0.25, 0.3) is 6.08 Å². The molecule has 0 unspecified atom stereocenters. The van der Waals surface area contributed by atoms with Gasteiger partial charge in [-0.25, -0.2) is 13.4 Å². The molecular weight excluding hydrogens is 226 g/mol. The molecule has 84 valence electrons. The van der Waals surface area contributed by atoms with Crippen LogP contribution in [0, 0.1) is 6.92 Å². The molecule has 0 fully saturated rings. The van der Waals surface area contributed by atoms with Crippen molar-refractivity contribution in [3.63, 3.8) is 0 Å². The van der Waals surface area contributed by atoms with Crippen LogP contribution in [-0.4, -0.2) is 24.1 Å². The average Bonchev–Trinajstić information content (AvgIpc) is 2.51. The Morgan fingerprint density at radius 3 is 2.73 bits per heavy atom. The minimum absolute atomic E-state index is 0.173. The molecule has 0 radical (unpaired) electrons. The van der Waals surface area contributed by atoms with Gasteiger partial charge in [-0.2, -0.15) is 8.78 Å². The molecule has 7 heteroatoms. The van der Waals surface area contributed by atoms with E-state index in [9.17, 15) is 17.2 Å². The third kappa shape index (κ3) is 3.43. The summed E-state index contributed by atoms with van der Waals surface area (Å²) in [7, 11) is -3.58. The van der Waals surface area contributed by atoms with Gasteiger partial charge in [-0.05, 0) is 19.4 Å². The highest BCUT2D eigenvalue weighted by Gasteiger charge is 2.16. The van der Waals surface area contributed by atoms with E-state index < -0.39 is 15.9 Å². The van der Waals surface area contributed by atoms with Crippen LogP contribution in [0.1, 0.15) is 12.1 Å². The molecule has 1 aromatic heterocycles. The fourth-order valence-electron chi connectivity index (χ4n) is 0.967. The lowest BCUT2D eigenvalue weighted by molar-refractivity contribution is 0.418. The minimum atomic E-state index is -3.58. The summed E-state index contributed by atoms with van der Waals surface area (Å²) in [6, 6.07) is 0. The van der Waals surface area contributed by atoms with E-state index in [2.05, 4.69) is 9.97 Å². The lowest BCUT2D eigenvalue weighted by Crippen LogP contribution is -2.08. The van der Waals surface area contributed by atoms with Crippen molar-refractivity contribution in [3.05, 3.63) is 24.0 Å². The molecule has 1 aromatic rings. The van der Waals surface area contributed by atoms with Crippen LogP contribution in [0.2, 0.25) is 0 Å². The van der Waals surface area contributed by atoms with Crippen molar-refractivity contribution < 1.29 is 17.2 Å². The van der Waals surface area contributed by atoms with Crippen LogP contribution in [0.3, 0.4) is 0 Å². The first-order valence-electron chi connectivity index (χ1n) is 4.17. The highest BCUT2D eigenvalue weighted by Crippen LogP contribution is 2.09. The van der Waals surface area contributed by atoms with Crippen LogP contribution < -0.4 is 0 Å². The van der Waals surface area contributed by atoms with E-state index in [4.69, 9.17) is 0 Å². The van der Waals surface area contributed by atoms with Gasteiger partial charge in [0, 0.05) is 11.9 Å². The third-order valence-electron chi connectivity index (χ3n) is 1.66. The summed E-state index contributed by atoms with van der Waals surface area (Å²) in [5, 5.41) is -0.173. The quantitative estimate of drug-likeness (QED) is 0.864. The van der Waals surface area contributed by atoms with Gasteiger partial charge in [0.05, 0.1) is 5.75 Å². The van der Waals surface area contributed by atoms with E-state index in [1.807, 2.05) is 0 Å². The maximum Gasteiger partial charge on any atom is 0.266 e. The summed E-state index contributed by atoms with van der Waals surface area (Å²) < 4.78 is 46.2. The molecular formula is C8H10F2N2O2S. The molecule has 4 nitrogen and oxygen atoms in total. The Labute approximate surface area is 86.0 Å². The first-order chi connectivity index (χ1) is 6.92. The first-order valence-corrected chi connectivity index (χ1v) is 5.82. The van der Waals surface area contributed by atoms with E-state index in [0.29, 0.717) is 11.8 Å². The summed E-state index contributed by atoms with van der Waals surface area (Å²) in [6.45, 7) is 1.66. The van der Waals surface area contributed by atoms with Crippen molar-refractivity contribution in [3.8, 4) is 0 Å². The second-order valence-electron chi connectivity index (χ2n) is 2.97. The second kappa shape index (κ2) is 4.52. The van der Waals surface area contributed by atoms with Crippen molar-refractivity contribution in [1.82, 2.24) is 9.97 Å². The van der Waals surface area contributed by atoms with Crippen molar-refractivity contribution in [2.24, 2.45) is 0 Å². The fourth-order valence-corrected chi connectivity index (χ4v) is 2.12. The molecule has 1 N–H and O–H groups in total. The van der Waals surface area contributed by atoms with Gasteiger partial charge < -0.3 is 4.98 Å². The Morgan fingerprint density at radius 1 is 1.60 bits per heavy atom. The van der Waals surface area contributed by atoms with Crippen LogP contribution in [0.5, 0.6) is 0 Å². The summed E-state index contributed by atoms with van der Waals surface area (Å²) >= 11 is 0. The molecule has 0 aromatic carbocycles. The number of aryl methyl sites for hydroxylation is 1. The summed E-state index contributed by atoms with van der Waals surface area (Å²) in [5.74, 6) is -0.378. The SMILES string of the molecule is Cc1cnc(S(=O)(=O)CCC=C(F)F)[nH]1. The Kier molecular flexibility index (Phi) is 3.57. The number of H-pyrrole nitrogens is 1. The van der Waals surface area contributed by atoms with E-state index in [-0.39, 0.29) is 17.3 Å². The number of rotatable bonds is 4. The Balaban J connectivity index is 2.73. The molecule has 0 atom stereocenters. The van der Waals surface area contributed by atoms with Crippen LogP contribution >= 0.6 is 0 Å². The zero-order valence-electron chi connectivity index (χ0n) is 8.00. The summed E-state index contributed by atoms with van der Waals surface area (Å²) in [6.07, 6.45) is -0.142. The van der Waals surface area contributed by atoms with Crippen molar-refractivity contribution in [2.45, 2.75) is 18.5 Å². The van der Waals surface area contributed by atoms with Gasteiger partial charge in [-0.1, -0.05) is 0 Å². The van der Waals surface area contributed by atoms with Crippen LogP contribution in [0.4, 0.5) is 8.78 Å². The molecule has 0 aliphatic rings. The lowest BCUT2D eigenvalue weighted by atomic mass is 10.5. The normalized spacial score (nSPS) is 11.4. The van der Waals surface area contributed by atoms with E-state index in [1.165, 1.54) is 6.20 Å². The van der Waals surface area contributed by atoms with Gasteiger partial charge in [0.2, 0.25) is 15.0 Å². The van der Waals surface area contributed by atoms with Gasteiger partial charge in [-0.3, -0.25) is 0 Å². The maximum atomic E-state index is 11.7. The molecule has 0 amide bonds. The van der Waals surface area contributed by atoms with E-state index in [0.717, 1.165) is 0 Å². The zero-order valence-corrected chi connectivity index (χ0v) is 8.81. The lowest BCUT2D eigenvalue weighted by Gasteiger charge is -1.97. The van der Waals surface area contributed by atoms with E-state index >= 15 is 0 Å². The van der Waals surface area contributed by atoms with Gasteiger partial charge in [0.15, 0.2) is 0 Å². The minimum Gasteiger partial charge on any atom is -0.333 e. The standard InChI is InChI=1S/C8H10F2N2O2S/c1-6-5-11-8(12-6)15(13,14)4-2-3-7(9)10/h3,5H,2,4H2,1H3,(H,11,12). The summed E-state index contributed by atoms with van der Waals surface area (Å²) in [5.41, 5.74) is 0.612. The molecule has 15 heavy (non-hydrogen) atoms. The molecule has 1 rings (SSSR count). The van der Waals surface area contributed by atoms with E-state index in [1.54, 1.807) is 6.92 Å². The number of halogens is 2. The fraction of sp³-hybridized carbons (Fsp3) is 0.375. The van der Waals surface area contributed by atoms with Crippen LogP contribution in [0.15, 0.2) is 23.5 Å². The molecule has 0 spiro atoms. The smallest absolute Gasteiger partial charge is 0.266 e. The molecule has 0 bridgehead atoms. The zero-order chi connectivity index (χ0) is 11.5. The number of aromatic amines is 1. The maximum absolute atomic E-state index is 11.7. The molecule has 0 aliphatic carbocycles. The highest BCUT2D eigenvalue weighted by molar-refractivity contribution is 7.91. The predicted octanol–water partition coefficient (Wildman–Crippen LogP) is 1.66. The molecule has 1 heterocycles. The number of nitrogens with zero attached hydrogens (tertiary/aromatic N) is 1. The van der Waals surface area contributed by atoms with Gasteiger partial charge in [-0.15, -0.1) is 0 Å². The number of hydrogen-bond donors (Lipinski definition) is 1. The number of sulfone groups is 1. The molecule has 0 saturated carbocycles. The van der Waals surface area contributed by atoms with Crippen molar-refractivity contribution in [2.75, 3.05) is 5.75 Å². The topological polar surface area (TPSA) is 62.8 Å². The summed E-state index contributed by atoms with van der Waals surface area (Å²) in [4.78, 5) is 6.18.